The second-order valence-electron chi connectivity index (χ2n) is 3.85. The van der Waals surface area contributed by atoms with Crippen molar-refractivity contribution >= 4 is 17.1 Å². The lowest BCUT2D eigenvalue weighted by molar-refractivity contribution is -0.386. The zero-order valence-corrected chi connectivity index (χ0v) is 10.3. The van der Waals surface area contributed by atoms with Crippen LogP contribution in [0.3, 0.4) is 0 Å². The number of nitro benzene ring substituents is 1. The van der Waals surface area contributed by atoms with Crippen LogP contribution in [0.25, 0.3) is 0 Å². The first kappa shape index (κ1) is 13.7. The van der Waals surface area contributed by atoms with Crippen LogP contribution in [0.4, 0.5) is 25.8 Å². The summed E-state index contributed by atoms with van der Waals surface area (Å²) in [5, 5.41) is 17.5. The zero-order chi connectivity index (χ0) is 14.7. The van der Waals surface area contributed by atoms with Gasteiger partial charge in [-0.1, -0.05) is 0 Å². The number of ether oxygens (including phenoxy) is 1. The molecule has 7 nitrogen and oxygen atoms in total. The maximum atomic E-state index is 12.2. The molecule has 0 bridgehead atoms. The molecule has 0 atom stereocenters. The van der Waals surface area contributed by atoms with Crippen molar-refractivity contribution in [3.05, 3.63) is 40.7 Å². The van der Waals surface area contributed by atoms with Crippen LogP contribution in [-0.2, 0) is 7.05 Å². The molecular weight excluding hydrogens is 274 g/mol. The molecule has 0 saturated carbocycles. The largest absolute Gasteiger partial charge is 0.427 e. The number of anilines is 2. The van der Waals surface area contributed by atoms with E-state index in [1.54, 1.807) is 17.9 Å². The predicted molar refractivity (Wildman–Crippen MR) is 66.2 cm³/mol. The molecule has 0 aliphatic rings. The molecule has 9 heteroatoms. The third kappa shape index (κ3) is 3.19. The van der Waals surface area contributed by atoms with Gasteiger partial charge in [0.25, 0.3) is 0 Å². The lowest BCUT2D eigenvalue weighted by Gasteiger charge is -2.08. The second-order valence-corrected chi connectivity index (χ2v) is 3.85. The van der Waals surface area contributed by atoms with Gasteiger partial charge in [0.15, 0.2) is 0 Å². The molecule has 2 aromatic rings. The molecule has 0 amide bonds. The van der Waals surface area contributed by atoms with Crippen LogP contribution in [0, 0.1) is 10.1 Å². The van der Waals surface area contributed by atoms with Gasteiger partial charge in [-0.25, -0.2) is 0 Å². The van der Waals surface area contributed by atoms with Gasteiger partial charge in [-0.05, 0) is 6.07 Å². The zero-order valence-electron chi connectivity index (χ0n) is 10.3. The molecule has 0 radical (unpaired) electrons. The van der Waals surface area contributed by atoms with E-state index in [4.69, 9.17) is 0 Å². The molecular formula is C11H10F2N4O3. The lowest BCUT2D eigenvalue weighted by atomic mass is 10.2. The van der Waals surface area contributed by atoms with E-state index in [1.165, 1.54) is 12.3 Å². The highest BCUT2D eigenvalue weighted by atomic mass is 19.3. The van der Waals surface area contributed by atoms with Crippen LogP contribution in [0.15, 0.2) is 30.6 Å². The summed E-state index contributed by atoms with van der Waals surface area (Å²) in [5.74, 6) is -0.501. The first-order valence-corrected chi connectivity index (χ1v) is 5.44. The van der Waals surface area contributed by atoms with Crippen LogP contribution < -0.4 is 10.1 Å². The fourth-order valence-corrected chi connectivity index (χ4v) is 1.59. The Labute approximate surface area is 111 Å². The van der Waals surface area contributed by atoms with Gasteiger partial charge in [0.2, 0.25) is 5.75 Å². The van der Waals surface area contributed by atoms with Crippen molar-refractivity contribution in [2.24, 2.45) is 7.05 Å². The molecule has 0 unspecified atom stereocenters. The number of rotatable bonds is 5. The molecule has 1 aromatic carbocycles. The number of halogens is 2. The molecule has 0 aliphatic carbocycles. The van der Waals surface area contributed by atoms with Gasteiger partial charge in [-0.15, -0.1) is 0 Å². The van der Waals surface area contributed by atoms with Crippen LogP contribution in [-0.4, -0.2) is 21.3 Å². The Morgan fingerprint density at radius 3 is 2.75 bits per heavy atom. The summed E-state index contributed by atoms with van der Waals surface area (Å²) in [4.78, 5) is 9.94. The Kier molecular flexibility index (Phi) is 3.78. The maximum absolute atomic E-state index is 12.2. The summed E-state index contributed by atoms with van der Waals surface area (Å²) in [6.07, 6.45) is 3.18. The minimum atomic E-state index is -3.14. The van der Waals surface area contributed by atoms with E-state index in [2.05, 4.69) is 15.2 Å². The van der Waals surface area contributed by atoms with E-state index < -0.39 is 23.0 Å². The quantitative estimate of drug-likeness (QED) is 0.674. The molecule has 0 aliphatic heterocycles. The highest BCUT2D eigenvalue weighted by molar-refractivity contribution is 5.64. The van der Waals surface area contributed by atoms with Gasteiger partial charge in [-0.3, -0.25) is 14.8 Å². The average molecular weight is 284 g/mol. The van der Waals surface area contributed by atoms with E-state index >= 15 is 0 Å². The van der Waals surface area contributed by atoms with E-state index in [0.29, 0.717) is 11.4 Å². The molecule has 1 heterocycles. The van der Waals surface area contributed by atoms with Crippen molar-refractivity contribution in [3.63, 3.8) is 0 Å². The molecule has 0 spiro atoms. The monoisotopic (exact) mass is 284 g/mol. The lowest BCUT2D eigenvalue weighted by Crippen LogP contribution is -2.05. The predicted octanol–water partition coefficient (Wildman–Crippen LogP) is 2.67. The van der Waals surface area contributed by atoms with Gasteiger partial charge in [0.05, 0.1) is 16.8 Å². The highest BCUT2D eigenvalue weighted by Gasteiger charge is 2.19. The SMILES string of the molecule is Cn1cc(Nc2ccc([N+](=O)[O-])c(OC(F)F)c2)cn1. The fourth-order valence-electron chi connectivity index (χ4n) is 1.59. The highest BCUT2D eigenvalue weighted by Crippen LogP contribution is 2.32. The number of aromatic nitrogens is 2. The van der Waals surface area contributed by atoms with Gasteiger partial charge in [-0.2, -0.15) is 13.9 Å². The summed E-state index contributed by atoms with van der Waals surface area (Å²) in [5.41, 5.74) is 0.464. The van der Waals surface area contributed by atoms with Crippen molar-refractivity contribution in [3.8, 4) is 5.75 Å². The van der Waals surface area contributed by atoms with Crippen molar-refractivity contribution in [1.82, 2.24) is 9.78 Å². The summed E-state index contributed by atoms with van der Waals surface area (Å²) in [6, 6.07) is 3.62. The van der Waals surface area contributed by atoms with Crippen LogP contribution in [0.2, 0.25) is 0 Å². The van der Waals surface area contributed by atoms with E-state index in [-0.39, 0.29) is 0 Å². The number of nitrogens with zero attached hydrogens (tertiary/aromatic N) is 3. The Balaban J connectivity index is 2.28. The third-order valence-corrected chi connectivity index (χ3v) is 2.37. The van der Waals surface area contributed by atoms with Crippen molar-refractivity contribution in [1.29, 1.82) is 0 Å². The standard InChI is InChI=1S/C11H10F2N4O3/c1-16-6-8(5-14-16)15-7-2-3-9(17(18)19)10(4-7)20-11(12)13/h2-6,11,15H,1H3. The van der Waals surface area contributed by atoms with Crippen molar-refractivity contribution in [2.75, 3.05) is 5.32 Å². The molecule has 106 valence electrons. The average Bonchev–Trinajstić information content (AvgIpc) is 2.73. The van der Waals surface area contributed by atoms with Crippen molar-refractivity contribution in [2.45, 2.75) is 6.61 Å². The first-order valence-electron chi connectivity index (χ1n) is 5.44. The molecule has 2 rings (SSSR count). The summed E-state index contributed by atoms with van der Waals surface area (Å²) >= 11 is 0. The number of alkyl halides is 2. The number of nitro groups is 1. The van der Waals surface area contributed by atoms with E-state index in [9.17, 15) is 18.9 Å². The topological polar surface area (TPSA) is 82.2 Å². The molecule has 1 N–H and O–H groups in total. The summed E-state index contributed by atoms with van der Waals surface area (Å²) in [7, 11) is 1.71. The molecule has 1 aromatic heterocycles. The van der Waals surface area contributed by atoms with Crippen LogP contribution >= 0.6 is 0 Å². The van der Waals surface area contributed by atoms with Crippen LogP contribution in [0.1, 0.15) is 0 Å². The smallest absolute Gasteiger partial charge is 0.387 e. The first-order chi connectivity index (χ1) is 9.45. The maximum Gasteiger partial charge on any atom is 0.387 e. The second kappa shape index (κ2) is 5.51. The van der Waals surface area contributed by atoms with Crippen molar-refractivity contribution < 1.29 is 18.4 Å². The number of benzene rings is 1. The van der Waals surface area contributed by atoms with E-state index in [1.807, 2.05) is 0 Å². The minimum absolute atomic E-state index is 0.374. The summed E-state index contributed by atoms with van der Waals surface area (Å²) < 4.78 is 30.2. The Hall–Kier alpha value is -2.71. The summed E-state index contributed by atoms with van der Waals surface area (Å²) in [6.45, 7) is -3.14. The minimum Gasteiger partial charge on any atom is -0.427 e. The number of aryl methyl sites for hydroxylation is 1. The van der Waals surface area contributed by atoms with E-state index in [0.717, 1.165) is 12.1 Å². The molecule has 20 heavy (non-hydrogen) atoms. The number of hydrogen-bond donors (Lipinski definition) is 1. The van der Waals surface area contributed by atoms with Gasteiger partial charge in [0, 0.05) is 31.1 Å². The van der Waals surface area contributed by atoms with Crippen LogP contribution in [0.5, 0.6) is 5.75 Å². The van der Waals surface area contributed by atoms with Gasteiger partial charge < -0.3 is 10.1 Å². The Morgan fingerprint density at radius 1 is 1.45 bits per heavy atom. The normalized spacial score (nSPS) is 10.6. The van der Waals surface area contributed by atoms with Gasteiger partial charge in [0.1, 0.15) is 0 Å². The molecule has 0 saturated heterocycles. The number of hydrogen-bond acceptors (Lipinski definition) is 5. The fraction of sp³-hybridized carbons (Fsp3) is 0.182. The Morgan fingerprint density at radius 2 is 2.20 bits per heavy atom. The number of nitrogens with one attached hydrogen (secondary N) is 1. The Bertz CT molecular complexity index is 630. The third-order valence-electron chi connectivity index (χ3n) is 2.37. The van der Waals surface area contributed by atoms with Gasteiger partial charge >= 0.3 is 12.3 Å². The molecule has 0 fully saturated rings.